The van der Waals surface area contributed by atoms with Gasteiger partial charge in [-0.2, -0.15) is 0 Å². The van der Waals surface area contributed by atoms with Gasteiger partial charge in [-0.1, -0.05) is 118 Å². The van der Waals surface area contributed by atoms with Crippen molar-refractivity contribution in [1.29, 1.82) is 0 Å². The van der Waals surface area contributed by atoms with Crippen molar-refractivity contribution in [2.24, 2.45) is 0 Å². The van der Waals surface area contributed by atoms with E-state index in [1.54, 1.807) is 0 Å². The first-order chi connectivity index (χ1) is 19.4. The van der Waals surface area contributed by atoms with E-state index in [2.05, 4.69) is 124 Å². The summed E-state index contributed by atoms with van der Waals surface area (Å²) in [6.45, 7) is 13.7. The highest BCUT2D eigenvalue weighted by Gasteiger charge is 2.37. The Labute approximate surface area is 234 Å². The fraction of sp³-hybridized carbons (Fsp3) is 0.0769. The number of furan rings is 1. The smallest absolute Gasteiger partial charge is 0.143 e. The third-order valence-electron chi connectivity index (χ3n) is 8.44. The Hall–Kier alpha value is -4.88. The van der Waals surface area contributed by atoms with E-state index in [1.807, 2.05) is 24.3 Å². The lowest BCUT2D eigenvalue weighted by atomic mass is 9.82. The molecule has 1 aromatic heterocycles. The molecule has 0 N–H and O–H groups in total. The summed E-state index contributed by atoms with van der Waals surface area (Å²) >= 11 is 0. The van der Waals surface area contributed by atoms with Gasteiger partial charge in [0.25, 0.3) is 0 Å². The predicted octanol–water partition coefficient (Wildman–Crippen LogP) is 11.0. The van der Waals surface area contributed by atoms with Gasteiger partial charge in [0, 0.05) is 21.6 Å². The van der Waals surface area contributed by atoms with Crippen LogP contribution in [0.4, 0.5) is 0 Å². The van der Waals surface area contributed by atoms with Gasteiger partial charge in [-0.25, -0.2) is 0 Å². The molecule has 1 aliphatic rings. The van der Waals surface area contributed by atoms with Crippen molar-refractivity contribution in [3.63, 3.8) is 0 Å². The lowest BCUT2D eigenvalue weighted by molar-refractivity contribution is 0.663. The average Bonchev–Trinajstić information content (AvgIpc) is 3.43. The van der Waals surface area contributed by atoms with Crippen LogP contribution in [0.25, 0.3) is 54.6 Å². The number of hydrogen-bond donors (Lipinski definition) is 0. The monoisotopic (exact) mass is 514 g/mol. The maximum atomic E-state index is 6.41. The van der Waals surface area contributed by atoms with Crippen LogP contribution in [0.15, 0.2) is 144 Å². The van der Waals surface area contributed by atoms with E-state index in [0.29, 0.717) is 0 Å². The molecule has 0 unspecified atom stereocenters. The fourth-order valence-corrected chi connectivity index (χ4v) is 6.13. The summed E-state index contributed by atoms with van der Waals surface area (Å²) in [5.41, 5.74) is 8.42. The van der Waals surface area contributed by atoms with Crippen molar-refractivity contribution in [3.05, 3.63) is 157 Å². The number of rotatable bonds is 2. The van der Waals surface area contributed by atoms with Gasteiger partial charge in [0.15, 0.2) is 0 Å². The zero-order valence-electron chi connectivity index (χ0n) is 22.9. The second kappa shape index (κ2) is 9.10. The standard InChI is InChI=1S/C39H30O/c1-25(29-16-9-7-5-6-8-14-27-15-10-11-17-30(27)29)22-33-26(2)39(3,4)36-23-28-20-21-32-31-18-12-13-19-37(31)40-38(32)34(28)24-35(33)36/h5-24H,1-2H2,3-4H3/b6-5?,7-5?,8-6?,9-7?,14-8?,16-9?,27-14?,29-16?,30-29?,33-22+. The molecule has 0 amide bonds. The molecule has 40 heavy (non-hydrogen) atoms. The molecule has 6 aromatic rings. The second-order valence-electron chi connectivity index (χ2n) is 11.1. The summed E-state index contributed by atoms with van der Waals surface area (Å²) in [7, 11) is 0. The summed E-state index contributed by atoms with van der Waals surface area (Å²) in [6.07, 6.45) is 2.22. The quantitative estimate of drug-likeness (QED) is 0.224. The molecule has 0 fully saturated rings. The van der Waals surface area contributed by atoms with E-state index in [-0.39, 0.29) is 5.41 Å². The zero-order chi connectivity index (χ0) is 27.4. The zero-order valence-corrected chi connectivity index (χ0v) is 22.9. The maximum absolute atomic E-state index is 6.41. The SMILES string of the molecule is C=C(/C=C1\C(=C)C(C)(C)c2cc3ccc4c5ccccc5oc4c3cc21)c1cccccccc2ccccc12. The fourth-order valence-electron chi connectivity index (χ4n) is 6.13. The van der Waals surface area contributed by atoms with Crippen LogP contribution in [0.3, 0.4) is 0 Å². The van der Waals surface area contributed by atoms with E-state index in [1.165, 1.54) is 16.5 Å². The van der Waals surface area contributed by atoms with Gasteiger partial charge in [-0.3, -0.25) is 0 Å². The van der Waals surface area contributed by atoms with Gasteiger partial charge in [-0.15, -0.1) is 0 Å². The van der Waals surface area contributed by atoms with Crippen LogP contribution in [0, 0.1) is 0 Å². The van der Waals surface area contributed by atoms with E-state index < -0.39 is 0 Å². The number of benzene rings is 4. The molecule has 1 heteroatoms. The van der Waals surface area contributed by atoms with Crippen molar-refractivity contribution < 1.29 is 4.42 Å². The highest BCUT2D eigenvalue weighted by Crippen LogP contribution is 2.51. The van der Waals surface area contributed by atoms with Crippen LogP contribution < -0.4 is 0 Å². The van der Waals surface area contributed by atoms with Crippen LogP contribution >= 0.6 is 0 Å². The van der Waals surface area contributed by atoms with Crippen molar-refractivity contribution in [3.8, 4) is 0 Å². The minimum atomic E-state index is -0.200. The molecule has 1 heterocycles. The van der Waals surface area contributed by atoms with E-state index in [4.69, 9.17) is 4.42 Å². The summed E-state index contributed by atoms with van der Waals surface area (Å²) in [6, 6.07) is 40.4. The number of allylic oxidation sites excluding steroid dienone is 4. The molecule has 0 atom stereocenters. The van der Waals surface area contributed by atoms with E-state index in [0.717, 1.165) is 60.4 Å². The molecule has 1 aliphatic carbocycles. The Bertz CT molecular complexity index is 2110. The lowest BCUT2D eigenvalue weighted by Gasteiger charge is -2.21. The summed E-state index contributed by atoms with van der Waals surface area (Å²) < 4.78 is 6.41. The molecule has 0 aliphatic heterocycles. The minimum Gasteiger partial charge on any atom is -0.455 e. The molecule has 7 rings (SSSR count). The summed E-state index contributed by atoms with van der Waals surface area (Å²) in [5, 5.41) is 6.92. The Morgan fingerprint density at radius 2 is 1.35 bits per heavy atom. The Balaban J connectivity index is 1.47. The van der Waals surface area contributed by atoms with Crippen molar-refractivity contribution in [2.75, 3.05) is 0 Å². The first-order valence-corrected chi connectivity index (χ1v) is 13.7. The van der Waals surface area contributed by atoms with E-state index in [9.17, 15) is 0 Å². The molecule has 0 bridgehead atoms. The summed E-state index contributed by atoms with van der Waals surface area (Å²) in [5.74, 6) is 0. The molecular weight excluding hydrogens is 484 g/mol. The van der Waals surface area contributed by atoms with Crippen LogP contribution in [0.2, 0.25) is 0 Å². The van der Waals surface area contributed by atoms with E-state index >= 15 is 0 Å². The summed E-state index contributed by atoms with van der Waals surface area (Å²) in [4.78, 5) is 0. The molecular formula is C39H30O. The van der Waals surface area contributed by atoms with Crippen LogP contribution in [-0.4, -0.2) is 0 Å². The predicted molar refractivity (Wildman–Crippen MR) is 172 cm³/mol. The van der Waals surface area contributed by atoms with Gasteiger partial charge in [0.1, 0.15) is 11.2 Å². The number of para-hydroxylation sites is 1. The van der Waals surface area contributed by atoms with Crippen molar-refractivity contribution in [1.82, 2.24) is 0 Å². The molecule has 192 valence electrons. The molecule has 0 saturated carbocycles. The number of fused-ring (bicyclic) bond motifs is 7. The molecule has 0 radical (unpaired) electrons. The van der Waals surface area contributed by atoms with Crippen molar-refractivity contribution >= 4 is 54.6 Å². The van der Waals surface area contributed by atoms with Crippen LogP contribution in [0.1, 0.15) is 30.5 Å². The Morgan fingerprint density at radius 3 is 2.17 bits per heavy atom. The van der Waals surface area contributed by atoms with Gasteiger partial charge in [0.05, 0.1) is 0 Å². The molecule has 5 aromatic carbocycles. The first kappa shape index (κ1) is 24.2. The topological polar surface area (TPSA) is 13.1 Å². The third kappa shape index (κ3) is 3.70. The third-order valence-corrected chi connectivity index (χ3v) is 8.44. The molecule has 0 spiro atoms. The van der Waals surface area contributed by atoms with Gasteiger partial charge in [0.2, 0.25) is 0 Å². The highest BCUT2D eigenvalue weighted by atomic mass is 16.3. The largest absolute Gasteiger partial charge is 0.455 e. The Kier molecular flexibility index (Phi) is 5.50. The molecule has 1 nitrogen and oxygen atoms in total. The second-order valence-corrected chi connectivity index (χ2v) is 11.1. The highest BCUT2D eigenvalue weighted by molar-refractivity contribution is 6.16. The Morgan fingerprint density at radius 1 is 0.675 bits per heavy atom. The van der Waals surface area contributed by atoms with Crippen molar-refractivity contribution in [2.45, 2.75) is 19.3 Å². The number of hydrogen-bond acceptors (Lipinski definition) is 1. The lowest BCUT2D eigenvalue weighted by Crippen LogP contribution is -2.14. The van der Waals surface area contributed by atoms with Crippen LogP contribution in [-0.2, 0) is 5.41 Å². The first-order valence-electron chi connectivity index (χ1n) is 13.7. The maximum Gasteiger partial charge on any atom is 0.143 e. The molecule has 0 saturated heterocycles. The minimum absolute atomic E-state index is 0.200. The van der Waals surface area contributed by atoms with Gasteiger partial charge in [-0.05, 0) is 79.9 Å². The normalized spacial score (nSPS) is 15.2. The average molecular weight is 515 g/mol. The van der Waals surface area contributed by atoms with Gasteiger partial charge >= 0.3 is 0 Å². The van der Waals surface area contributed by atoms with Gasteiger partial charge < -0.3 is 4.42 Å². The van der Waals surface area contributed by atoms with Crippen LogP contribution in [0.5, 0.6) is 0 Å².